The Morgan fingerprint density at radius 2 is 2.00 bits per heavy atom. The predicted octanol–water partition coefficient (Wildman–Crippen LogP) is 3.59. The van der Waals surface area contributed by atoms with Crippen molar-refractivity contribution in [2.24, 2.45) is 23.2 Å². The SMILES string of the molecule is CO[C@@]12C[C@@H]1C[C@H]1[C@@H]3CC[C@@]45CC6(CC[C@@]4(O5)C3=CC[C@@]12C)OCCO6. The maximum Gasteiger partial charge on any atom is 0.171 e. The van der Waals surface area contributed by atoms with Gasteiger partial charge in [0, 0.05) is 25.4 Å². The predicted molar refractivity (Wildman–Crippen MR) is 94.5 cm³/mol. The van der Waals surface area contributed by atoms with E-state index in [0.29, 0.717) is 11.3 Å². The molecule has 0 unspecified atom stereocenters. The minimum atomic E-state index is -0.342. The molecule has 0 N–H and O–H groups in total. The smallest absolute Gasteiger partial charge is 0.171 e. The highest BCUT2D eigenvalue weighted by Gasteiger charge is 2.81. The fourth-order valence-electron chi connectivity index (χ4n) is 8.68. The first-order valence-corrected chi connectivity index (χ1v) is 10.8. The highest BCUT2D eigenvalue weighted by Crippen LogP contribution is 2.78. The summed E-state index contributed by atoms with van der Waals surface area (Å²) in [6.07, 6.45) is 11.9. The molecular formula is C22H30O4. The van der Waals surface area contributed by atoms with Crippen molar-refractivity contribution in [1.82, 2.24) is 0 Å². The van der Waals surface area contributed by atoms with Crippen molar-refractivity contribution in [2.45, 2.75) is 80.9 Å². The molecule has 0 aromatic rings. The standard InChI is InChI=1S/C22H30O4/c1-18-5-4-16-15(17(18)11-14-12-22(14,18)23-2)3-6-19-13-20(24-9-10-25-20)7-8-21(16,19)26-19/h4,14-15,17H,3,5-13H2,1-2H3/t14-,15+,17-,18-,19+,21+,22-/m0/s1. The van der Waals surface area contributed by atoms with E-state index in [4.69, 9.17) is 18.9 Å². The van der Waals surface area contributed by atoms with Gasteiger partial charge in [0.25, 0.3) is 0 Å². The Balaban J connectivity index is 1.25. The summed E-state index contributed by atoms with van der Waals surface area (Å²) in [4.78, 5) is 0. The Hall–Kier alpha value is -0.420. The molecule has 7 atom stereocenters. The number of allylic oxidation sites excluding steroid dienone is 1. The third kappa shape index (κ3) is 1.43. The van der Waals surface area contributed by atoms with Gasteiger partial charge in [0.1, 0.15) is 11.2 Å². The van der Waals surface area contributed by atoms with Crippen molar-refractivity contribution >= 4 is 0 Å². The first-order chi connectivity index (χ1) is 12.5. The molecular weight excluding hydrogens is 328 g/mol. The van der Waals surface area contributed by atoms with Crippen LogP contribution in [0.15, 0.2) is 11.6 Å². The lowest BCUT2D eigenvalue weighted by Crippen LogP contribution is -2.53. The molecule has 5 aliphatic carbocycles. The van der Waals surface area contributed by atoms with Gasteiger partial charge in [-0.25, -0.2) is 0 Å². The van der Waals surface area contributed by atoms with Crippen LogP contribution in [0.5, 0.6) is 0 Å². The topological polar surface area (TPSA) is 40.2 Å². The largest absolute Gasteiger partial charge is 0.377 e. The van der Waals surface area contributed by atoms with Crippen LogP contribution in [0.1, 0.15) is 58.3 Å². The Morgan fingerprint density at radius 1 is 1.15 bits per heavy atom. The van der Waals surface area contributed by atoms with Crippen molar-refractivity contribution in [3.8, 4) is 0 Å². The number of hydrogen-bond donors (Lipinski definition) is 0. The first-order valence-electron chi connectivity index (χ1n) is 10.8. The third-order valence-corrected chi connectivity index (χ3v) is 9.98. The molecule has 7 rings (SSSR count). The van der Waals surface area contributed by atoms with E-state index in [1.54, 1.807) is 5.57 Å². The summed E-state index contributed by atoms with van der Waals surface area (Å²) in [6.45, 7) is 4.01. The van der Waals surface area contributed by atoms with Gasteiger partial charge < -0.3 is 18.9 Å². The molecule has 4 nitrogen and oxygen atoms in total. The van der Waals surface area contributed by atoms with Gasteiger partial charge >= 0.3 is 0 Å². The number of rotatable bonds is 1. The van der Waals surface area contributed by atoms with Gasteiger partial charge in [-0.1, -0.05) is 13.0 Å². The minimum Gasteiger partial charge on any atom is -0.377 e. The molecule has 4 heteroatoms. The van der Waals surface area contributed by atoms with Crippen molar-refractivity contribution in [3.63, 3.8) is 0 Å². The minimum absolute atomic E-state index is 0.00608. The van der Waals surface area contributed by atoms with Crippen molar-refractivity contribution in [1.29, 1.82) is 0 Å². The van der Waals surface area contributed by atoms with Gasteiger partial charge in [0.2, 0.25) is 0 Å². The summed E-state index contributed by atoms with van der Waals surface area (Å²) in [7, 11) is 1.95. The normalized spacial score (nSPS) is 60.4. The molecule has 1 spiro atoms. The summed E-state index contributed by atoms with van der Waals surface area (Å²) in [5.41, 5.74) is 2.20. The van der Waals surface area contributed by atoms with Gasteiger partial charge in [0.05, 0.1) is 18.8 Å². The van der Waals surface area contributed by atoms with Crippen molar-refractivity contribution < 1.29 is 18.9 Å². The lowest BCUT2D eigenvalue weighted by molar-refractivity contribution is -0.185. The van der Waals surface area contributed by atoms with E-state index in [9.17, 15) is 0 Å². The Morgan fingerprint density at radius 3 is 2.81 bits per heavy atom. The average Bonchev–Trinajstić information content (AvgIpc) is 3.45. The van der Waals surface area contributed by atoms with Gasteiger partial charge in [-0.15, -0.1) is 0 Å². The number of hydrogen-bond acceptors (Lipinski definition) is 4. The van der Waals surface area contributed by atoms with Crippen LogP contribution in [0.2, 0.25) is 0 Å². The molecule has 4 saturated carbocycles. The van der Waals surface area contributed by atoms with E-state index in [1.807, 2.05) is 7.11 Å². The van der Waals surface area contributed by atoms with E-state index in [0.717, 1.165) is 44.3 Å². The molecule has 2 saturated heterocycles. The Kier molecular flexibility index (Phi) is 2.54. The summed E-state index contributed by atoms with van der Waals surface area (Å²) in [5.74, 6) is 1.96. The highest BCUT2D eigenvalue weighted by atomic mass is 16.7. The maximum absolute atomic E-state index is 6.68. The van der Waals surface area contributed by atoms with Crippen LogP contribution in [-0.2, 0) is 18.9 Å². The number of epoxide rings is 1. The molecule has 0 radical (unpaired) electrons. The van der Waals surface area contributed by atoms with Crippen LogP contribution >= 0.6 is 0 Å². The zero-order valence-electron chi connectivity index (χ0n) is 16.0. The van der Waals surface area contributed by atoms with Crippen LogP contribution < -0.4 is 0 Å². The quantitative estimate of drug-likeness (QED) is 0.530. The summed E-state index contributed by atoms with van der Waals surface area (Å²) >= 11 is 0. The first kappa shape index (κ1) is 15.5. The van der Waals surface area contributed by atoms with Crippen molar-refractivity contribution in [2.75, 3.05) is 20.3 Å². The molecule has 142 valence electrons. The molecule has 2 heterocycles. The van der Waals surface area contributed by atoms with Crippen LogP contribution in [-0.4, -0.2) is 42.9 Å². The van der Waals surface area contributed by atoms with Gasteiger partial charge in [-0.05, 0) is 61.9 Å². The van der Waals surface area contributed by atoms with Gasteiger partial charge in [0.15, 0.2) is 5.79 Å². The van der Waals surface area contributed by atoms with E-state index in [-0.39, 0.29) is 22.6 Å². The fraction of sp³-hybridized carbons (Fsp3) is 0.909. The molecule has 0 aromatic carbocycles. The summed E-state index contributed by atoms with van der Waals surface area (Å²) in [6, 6.07) is 0. The average molecular weight is 358 g/mol. The second-order valence-corrected chi connectivity index (χ2v) is 10.5. The van der Waals surface area contributed by atoms with E-state index >= 15 is 0 Å². The zero-order valence-corrected chi connectivity index (χ0v) is 16.0. The van der Waals surface area contributed by atoms with Crippen LogP contribution in [0.25, 0.3) is 0 Å². The second kappa shape index (κ2) is 4.27. The second-order valence-electron chi connectivity index (χ2n) is 10.5. The molecule has 0 amide bonds. The molecule has 0 bridgehead atoms. The zero-order chi connectivity index (χ0) is 17.4. The van der Waals surface area contributed by atoms with Crippen molar-refractivity contribution in [3.05, 3.63) is 11.6 Å². The lowest BCUT2D eigenvalue weighted by Gasteiger charge is -2.51. The fourth-order valence-corrected chi connectivity index (χ4v) is 8.68. The summed E-state index contributed by atoms with van der Waals surface area (Å²) in [5, 5.41) is 0. The van der Waals surface area contributed by atoms with Crippen LogP contribution in [0.4, 0.5) is 0 Å². The number of fused-ring (bicyclic) bond motifs is 5. The molecule has 26 heavy (non-hydrogen) atoms. The third-order valence-electron chi connectivity index (χ3n) is 9.98. The Labute approximate surface area is 155 Å². The number of methoxy groups -OCH3 is 1. The van der Waals surface area contributed by atoms with Crippen LogP contribution in [0.3, 0.4) is 0 Å². The number of ether oxygens (including phenoxy) is 4. The molecule has 2 aliphatic heterocycles. The molecule has 6 fully saturated rings. The summed E-state index contributed by atoms with van der Waals surface area (Å²) < 4.78 is 24.9. The molecule has 0 aromatic heterocycles. The Bertz CT molecular complexity index is 722. The lowest BCUT2D eigenvalue weighted by atomic mass is 9.53. The van der Waals surface area contributed by atoms with Gasteiger partial charge in [-0.2, -0.15) is 0 Å². The highest BCUT2D eigenvalue weighted by molar-refractivity contribution is 5.44. The monoisotopic (exact) mass is 358 g/mol. The van der Waals surface area contributed by atoms with E-state index in [1.165, 1.54) is 32.1 Å². The molecule has 7 aliphatic rings. The van der Waals surface area contributed by atoms with E-state index in [2.05, 4.69) is 13.0 Å². The van der Waals surface area contributed by atoms with Crippen LogP contribution in [0, 0.1) is 23.2 Å². The van der Waals surface area contributed by atoms with Gasteiger partial charge in [-0.3, -0.25) is 0 Å². The van der Waals surface area contributed by atoms with E-state index < -0.39 is 0 Å². The maximum atomic E-state index is 6.68.